The zero-order chi connectivity index (χ0) is 21.1. The third-order valence-electron chi connectivity index (χ3n) is 4.58. The molecule has 7 nitrogen and oxygen atoms in total. The Morgan fingerprint density at radius 1 is 1.41 bits per heavy atom. The number of hydrogen-bond donors (Lipinski definition) is 1. The molecule has 1 unspecified atom stereocenters. The number of carbonyl (C=O) groups excluding carboxylic acids is 2. The van der Waals surface area contributed by atoms with E-state index >= 15 is 0 Å². The number of aromatic nitrogens is 2. The average molecular weight is 425 g/mol. The molecule has 0 fully saturated rings. The van der Waals surface area contributed by atoms with Crippen LogP contribution in [0.4, 0.5) is 14.6 Å². The lowest BCUT2D eigenvalue weighted by atomic mass is 10.1. The van der Waals surface area contributed by atoms with Crippen LogP contribution in [0.5, 0.6) is 5.88 Å². The topological polar surface area (TPSA) is 84.4 Å². The van der Waals surface area contributed by atoms with Gasteiger partial charge in [-0.05, 0) is 24.6 Å². The van der Waals surface area contributed by atoms with Crippen LogP contribution in [0.2, 0.25) is 5.02 Å². The summed E-state index contributed by atoms with van der Waals surface area (Å²) in [5.41, 5.74) is 1.73. The Bertz CT molecular complexity index is 942. The summed E-state index contributed by atoms with van der Waals surface area (Å²) < 4.78 is 29.5. The van der Waals surface area contributed by atoms with E-state index in [1.165, 1.54) is 18.5 Å². The molecule has 0 saturated carbocycles. The molecule has 0 aliphatic carbocycles. The van der Waals surface area contributed by atoms with E-state index < -0.39 is 19.1 Å². The van der Waals surface area contributed by atoms with Crippen molar-refractivity contribution in [3.05, 3.63) is 46.2 Å². The number of pyridine rings is 2. The number of rotatable bonds is 7. The van der Waals surface area contributed by atoms with E-state index in [2.05, 4.69) is 15.3 Å². The van der Waals surface area contributed by atoms with Gasteiger partial charge >= 0.3 is 0 Å². The van der Waals surface area contributed by atoms with Crippen molar-refractivity contribution in [1.82, 2.24) is 14.9 Å². The molecule has 3 heterocycles. The first-order chi connectivity index (χ1) is 13.8. The van der Waals surface area contributed by atoms with Gasteiger partial charge in [0.05, 0.1) is 12.6 Å². The second-order valence-electron chi connectivity index (χ2n) is 6.45. The molecule has 1 aliphatic heterocycles. The van der Waals surface area contributed by atoms with Crippen LogP contribution in [0.25, 0.3) is 0 Å². The van der Waals surface area contributed by atoms with Crippen molar-refractivity contribution in [1.29, 1.82) is 0 Å². The Hall–Kier alpha value is -2.81. The molecule has 1 atom stereocenters. The summed E-state index contributed by atoms with van der Waals surface area (Å²) in [7, 11) is 0. The molecule has 29 heavy (non-hydrogen) atoms. The summed E-state index contributed by atoms with van der Waals surface area (Å²) in [4.78, 5) is 34.4. The van der Waals surface area contributed by atoms with Gasteiger partial charge in [-0.15, -0.1) is 0 Å². The number of carbonyl (C=O) groups is 2. The maximum Gasteiger partial charge on any atom is 0.272 e. The van der Waals surface area contributed by atoms with Crippen LogP contribution in [-0.4, -0.2) is 39.7 Å². The lowest BCUT2D eigenvalue weighted by Gasteiger charge is -2.24. The number of halogens is 3. The van der Waals surface area contributed by atoms with Crippen molar-refractivity contribution in [2.24, 2.45) is 0 Å². The number of hydrogen-bond acceptors (Lipinski definition) is 5. The number of nitrogens with zero attached hydrogens (tertiary/aromatic N) is 3. The lowest BCUT2D eigenvalue weighted by Crippen LogP contribution is -2.27. The standard InChI is InChI=1S/C19H19ClF2N4O3/c1-3-16(27)25-17-13-8-26(19(28)12(13)4-5-23-17)10(2)11-6-14(20)18(24-7-11)29-9-15(21)22/h4-7,10,15H,3,8-9H2,1-2H3,(H,23,25,27). The van der Waals surface area contributed by atoms with Gasteiger partial charge in [0.25, 0.3) is 12.3 Å². The predicted octanol–water partition coefficient (Wildman–Crippen LogP) is 3.84. The molecule has 10 heteroatoms. The van der Waals surface area contributed by atoms with Crippen LogP contribution in [0.15, 0.2) is 24.5 Å². The van der Waals surface area contributed by atoms with Crippen LogP contribution in [0, 0.1) is 0 Å². The molecular weight excluding hydrogens is 406 g/mol. The zero-order valence-corrected chi connectivity index (χ0v) is 16.5. The van der Waals surface area contributed by atoms with Crippen molar-refractivity contribution in [2.75, 3.05) is 11.9 Å². The summed E-state index contributed by atoms with van der Waals surface area (Å²) >= 11 is 6.09. The van der Waals surface area contributed by atoms with E-state index in [9.17, 15) is 18.4 Å². The van der Waals surface area contributed by atoms with Crippen molar-refractivity contribution < 1.29 is 23.1 Å². The Morgan fingerprint density at radius 3 is 2.83 bits per heavy atom. The largest absolute Gasteiger partial charge is 0.471 e. The van der Waals surface area contributed by atoms with E-state index in [4.69, 9.17) is 16.3 Å². The van der Waals surface area contributed by atoms with Crippen molar-refractivity contribution in [3.63, 3.8) is 0 Å². The molecule has 2 aromatic heterocycles. The second-order valence-corrected chi connectivity index (χ2v) is 6.86. The van der Waals surface area contributed by atoms with E-state index in [0.29, 0.717) is 28.9 Å². The van der Waals surface area contributed by atoms with Gasteiger partial charge in [0.2, 0.25) is 11.8 Å². The number of nitrogens with one attached hydrogen (secondary N) is 1. The first-order valence-corrected chi connectivity index (χ1v) is 9.34. The first-order valence-electron chi connectivity index (χ1n) is 8.96. The van der Waals surface area contributed by atoms with Gasteiger partial charge < -0.3 is 15.0 Å². The minimum Gasteiger partial charge on any atom is -0.471 e. The molecule has 0 radical (unpaired) electrons. The summed E-state index contributed by atoms with van der Waals surface area (Å²) in [6.45, 7) is 2.97. The first kappa shape index (κ1) is 20.9. The molecule has 3 rings (SSSR count). The highest BCUT2D eigenvalue weighted by Crippen LogP contribution is 2.35. The minimum atomic E-state index is -2.64. The summed E-state index contributed by atoms with van der Waals surface area (Å²) in [6.07, 6.45) is 0.571. The number of anilines is 1. The Kier molecular flexibility index (Phi) is 6.26. The fraction of sp³-hybridized carbons (Fsp3) is 0.368. The van der Waals surface area contributed by atoms with Gasteiger partial charge in [0.15, 0.2) is 6.61 Å². The third-order valence-corrected chi connectivity index (χ3v) is 4.85. The van der Waals surface area contributed by atoms with E-state index in [1.54, 1.807) is 24.8 Å². The minimum absolute atomic E-state index is 0.0803. The third kappa shape index (κ3) is 4.45. The van der Waals surface area contributed by atoms with E-state index in [-0.39, 0.29) is 29.3 Å². The normalized spacial score (nSPS) is 14.1. The molecule has 1 aliphatic rings. The molecule has 1 N–H and O–H groups in total. The van der Waals surface area contributed by atoms with Gasteiger partial charge in [0.1, 0.15) is 10.8 Å². The van der Waals surface area contributed by atoms with E-state index in [1.807, 2.05) is 0 Å². The smallest absolute Gasteiger partial charge is 0.272 e. The SMILES string of the molecule is CCC(=O)Nc1nccc2c1CN(C(C)c1cnc(OCC(F)F)c(Cl)c1)C2=O. The van der Waals surface area contributed by atoms with E-state index in [0.717, 1.165) is 0 Å². The predicted molar refractivity (Wildman–Crippen MR) is 102 cm³/mol. The Balaban J connectivity index is 1.81. The maximum atomic E-state index is 12.9. The Labute approximate surface area is 171 Å². The number of amides is 2. The fourth-order valence-corrected chi connectivity index (χ4v) is 3.22. The van der Waals surface area contributed by atoms with Gasteiger partial charge in [-0.2, -0.15) is 0 Å². The number of alkyl halides is 2. The fourth-order valence-electron chi connectivity index (χ4n) is 2.99. The van der Waals surface area contributed by atoms with Crippen molar-refractivity contribution >= 4 is 29.2 Å². The highest BCUT2D eigenvalue weighted by Gasteiger charge is 2.34. The quantitative estimate of drug-likeness (QED) is 0.730. The summed E-state index contributed by atoms with van der Waals surface area (Å²) in [6, 6.07) is 2.74. The van der Waals surface area contributed by atoms with Gasteiger partial charge in [-0.25, -0.2) is 18.7 Å². The molecule has 0 spiro atoms. The molecule has 0 saturated heterocycles. The van der Waals surface area contributed by atoms with Gasteiger partial charge in [0, 0.05) is 29.9 Å². The zero-order valence-electron chi connectivity index (χ0n) is 15.8. The molecule has 0 bridgehead atoms. The molecule has 154 valence electrons. The maximum absolute atomic E-state index is 12.9. The number of fused-ring (bicyclic) bond motifs is 1. The summed E-state index contributed by atoms with van der Waals surface area (Å²) in [5, 5.41) is 2.79. The van der Waals surface area contributed by atoms with Crippen LogP contribution in [-0.2, 0) is 11.3 Å². The van der Waals surface area contributed by atoms with Crippen LogP contribution in [0.3, 0.4) is 0 Å². The highest BCUT2D eigenvalue weighted by atomic mass is 35.5. The molecular formula is C19H19ClF2N4O3. The van der Waals surface area contributed by atoms with Crippen LogP contribution < -0.4 is 10.1 Å². The Morgan fingerprint density at radius 2 is 2.17 bits per heavy atom. The second kappa shape index (κ2) is 8.69. The molecule has 2 amide bonds. The van der Waals surface area contributed by atoms with Crippen molar-refractivity contribution in [2.45, 2.75) is 39.3 Å². The summed E-state index contributed by atoms with van der Waals surface area (Å²) in [5.74, 6) is -0.131. The molecule has 0 aromatic carbocycles. The number of ether oxygens (including phenoxy) is 1. The van der Waals surface area contributed by atoms with Crippen molar-refractivity contribution in [3.8, 4) is 5.88 Å². The average Bonchev–Trinajstić information content (AvgIpc) is 3.04. The van der Waals surface area contributed by atoms with Crippen LogP contribution in [0.1, 0.15) is 47.8 Å². The van der Waals surface area contributed by atoms with Gasteiger partial charge in [-0.1, -0.05) is 18.5 Å². The monoisotopic (exact) mass is 424 g/mol. The van der Waals surface area contributed by atoms with Gasteiger partial charge in [-0.3, -0.25) is 9.59 Å². The molecule has 2 aromatic rings. The highest BCUT2D eigenvalue weighted by molar-refractivity contribution is 6.31. The van der Waals surface area contributed by atoms with Crippen LogP contribution >= 0.6 is 11.6 Å². The lowest BCUT2D eigenvalue weighted by molar-refractivity contribution is -0.115.